The van der Waals surface area contributed by atoms with Gasteiger partial charge in [-0.3, -0.25) is 9.59 Å². The maximum atomic E-state index is 11.5. The molecule has 1 amide bonds. The Morgan fingerprint density at radius 3 is 2.50 bits per heavy atom. The normalized spacial score (nSPS) is 36.1. The number of carbonyl (C=O) groups is 2. The van der Waals surface area contributed by atoms with Crippen LogP contribution >= 0.6 is 11.6 Å². The molecule has 3 atom stereocenters. The molecule has 0 radical (unpaired) electrons. The standard InChI is InChI=1S/C13H22ClNO3/c1-9-4-12(2,6-11(17)18)8-13(3,5-9)15-10(16)7-14/h9H,4-8H2,1-3H3,(H,15,16)(H,17,18)/t9-,12-,13+/m0/s1. The van der Waals surface area contributed by atoms with E-state index in [1.807, 2.05) is 13.8 Å². The monoisotopic (exact) mass is 275 g/mol. The minimum Gasteiger partial charge on any atom is -0.481 e. The van der Waals surface area contributed by atoms with Crippen molar-refractivity contribution in [3.8, 4) is 0 Å². The van der Waals surface area contributed by atoms with E-state index in [9.17, 15) is 9.59 Å². The van der Waals surface area contributed by atoms with Crippen molar-refractivity contribution in [1.82, 2.24) is 5.32 Å². The highest BCUT2D eigenvalue weighted by Gasteiger charge is 2.43. The maximum Gasteiger partial charge on any atom is 0.303 e. The van der Waals surface area contributed by atoms with Crippen LogP contribution in [0.25, 0.3) is 0 Å². The van der Waals surface area contributed by atoms with E-state index in [1.165, 1.54) is 0 Å². The van der Waals surface area contributed by atoms with Gasteiger partial charge in [-0.05, 0) is 37.5 Å². The minimum atomic E-state index is -0.780. The zero-order valence-electron chi connectivity index (χ0n) is 11.3. The summed E-state index contributed by atoms with van der Waals surface area (Å²) in [5, 5.41) is 11.9. The highest BCUT2D eigenvalue weighted by Crippen LogP contribution is 2.46. The highest BCUT2D eigenvalue weighted by atomic mass is 35.5. The van der Waals surface area contributed by atoms with Gasteiger partial charge in [-0.25, -0.2) is 0 Å². The van der Waals surface area contributed by atoms with Crippen molar-refractivity contribution in [2.24, 2.45) is 11.3 Å². The second-order valence-corrected chi connectivity index (χ2v) is 6.58. The van der Waals surface area contributed by atoms with Crippen LogP contribution in [0.3, 0.4) is 0 Å². The summed E-state index contributed by atoms with van der Waals surface area (Å²) in [4.78, 5) is 22.4. The SMILES string of the molecule is C[C@H]1C[C@@](C)(CC(=O)O)C[C@](C)(NC(=O)CCl)C1. The van der Waals surface area contributed by atoms with Crippen LogP contribution in [0.15, 0.2) is 0 Å². The number of carbonyl (C=O) groups excluding carboxylic acids is 1. The molecule has 1 rings (SSSR count). The molecule has 1 aliphatic rings. The molecule has 4 nitrogen and oxygen atoms in total. The van der Waals surface area contributed by atoms with Gasteiger partial charge >= 0.3 is 5.97 Å². The summed E-state index contributed by atoms with van der Waals surface area (Å²) in [6.45, 7) is 6.07. The third-order valence-electron chi connectivity index (χ3n) is 3.60. The zero-order chi connectivity index (χ0) is 14.0. The molecule has 0 heterocycles. The van der Waals surface area contributed by atoms with Crippen LogP contribution in [0.4, 0.5) is 0 Å². The van der Waals surface area contributed by atoms with Gasteiger partial charge in [-0.1, -0.05) is 13.8 Å². The number of rotatable bonds is 4. The molecule has 1 saturated carbocycles. The molecule has 1 fully saturated rings. The Bertz CT molecular complexity index is 347. The van der Waals surface area contributed by atoms with Gasteiger partial charge in [0.15, 0.2) is 0 Å². The first-order valence-electron chi connectivity index (χ1n) is 6.27. The van der Waals surface area contributed by atoms with Gasteiger partial charge in [0.1, 0.15) is 5.88 Å². The lowest BCUT2D eigenvalue weighted by molar-refractivity contribution is -0.140. The number of carboxylic acids is 1. The second kappa shape index (κ2) is 5.47. The number of hydrogen-bond acceptors (Lipinski definition) is 2. The van der Waals surface area contributed by atoms with Crippen LogP contribution in [-0.4, -0.2) is 28.4 Å². The van der Waals surface area contributed by atoms with Crippen LogP contribution in [0, 0.1) is 11.3 Å². The summed E-state index contributed by atoms with van der Waals surface area (Å²) in [5.41, 5.74) is -0.619. The van der Waals surface area contributed by atoms with Crippen molar-refractivity contribution in [2.75, 3.05) is 5.88 Å². The molecule has 0 bridgehead atoms. The molecule has 0 spiro atoms. The molecule has 18 heavy (non-hydrogen) atoms. The topological polar surface area (TPSA) is 66.4 Å². The smallest absolute Gasteiger partial charge is 0.303 e. The summed E-state index contributed by atoms with van der Waals surface area (Å²) in [6, 6.07) is 0. The summed E-state index contributed by atoms with van der Waals surface area (Å²) in [5.74, 6) is -0.633. The van der Waals surface area contributed by atoms with E-state index in [0.717, 1.165) is 12.8 Å². The van der Waals surface area contributed by atoms with E-state index in [-0.39, 0.29) is 29.2 Å². The van der Waals surface area contributed by atoms with Crippen LogP contribution in [0.5, 0.6) is 0 Å². The Hall–Kier alpha value is -0.770. The molecule has 0 aromatic heterocycles. The van der Waals surface area contributed by atoms with Crippen molar-refractivity contribution in [3.63, 3.8) is 0 Å². The third-order valence-corrected chi connectivity index (χ3v) is 3.84. The van der Waals surface area contributed by atoms with E-state index >= 15 is 0 Å². The van der Waals surface area contributed by atoms with Crippen molar-refractivity contribution < 1.29 is 14.7 Å². The van der Waals surface area contributed by atoms with Gasteiger partial charge in [0, 0.05) is 5.54 Å². The second-order valence-electron chi connectivity index (χ2n) is 6.31. The number of carboxylic acid groups (broad SMARTS) is 1. The zero-order valence-corrected chi connectivity index (χ0v) is 12.0. The lowest BCUT2D eigenvalue weighted by Gasteiger charge is -2.47. The van der Waals surface area contributed by atoms with Crippen LogP contribution in [0.2, 0.25) is 0 Å². The van der Waals surface area contributed by atoms with E-state index < -0.39 is 5.97 Å². The fourth-order valence-corrected chi connectivity index (χ4v) is 3.80. The number of amides is 1. The highest BCUT2D eigenvalue weighted by molar-refractivity contribution is 6.27. The first kappa shape index (κ1) is 15.3. The molecule has 0 aliphatic heterocycles. The van der Waals surface area contributed by atoms with E-state index in [1.54, 1.807) is 0 Å². The lowest BCUT2D eigenvalue weighted by atomic mass is 9.62. The summed E-state index contributed by atoms with van der Waals surface area (Å²) >= 11 is 5.52. The van der Waals surface area contributed by atoms with Crippen molar-refractivity contribution in [3.05, 3.63) is 0 Å². The molecule has 0 aromatic carbocycles. The van der Waals surface area contributed by atoms with Gasteiger partial charge < -0.3 is 10.4 Å². The van der Waals surface area contributed by atoms with Crippen LogP contribution in [-0.2, 0) is 9.59 Å². The molecule has 104 valence electrons. The Balaban J connectivity index is 2.82. The summed E-state index contributed by atoms with van der Waals surface area (Å²) in [7, 11) is 0. The largest absolute Gasteiger partial charge is 0.481 e. The number of nitrogens with one attached hydrogen (secondary N) is 1. The number of aliphatic carboxylic acids is 1. The Kier molecular flexibility index (Phi) is 4.65. The van der Waals surface area contributed by atoms with Crippen molar-refractivity contribution in [1.29, 1.82) is 0 Å². The first-order chi connectivity index (χ1) is 8.18. The Morgan fingerprint density at radius 1 is 1.39 bits per heavy atom. The Labute approximate surface area is 113 Å². The molecule has 0 saturated heterocycles. The van der Waals surface area contributed by atoms with Gasteiger partial charge in [0.2, 0.25) is 5.91 Å². The fraction of sp³-hybridized carbons (Fsp3) is 0.846. The van der Waals surface area contributed by atoms with Gasteiger partial charge in [0.25, 0.3) is 0 Å². The Morgan fingerprint density at radius 2 is 2.00 bits per heavy atom. The maximum absolute atomic E-state index is 11.5. The van der Waals surface area contributed by atoms with Crippen LogP contribution < -0.4 is 5.32 Å². The summed E-state index contributed by atoms with van der Waals surface area (Å²) < 4.78 is 0. The first-order valence-corrected chi connectivity index (χ1v) is 6.80. The molecular weight excluding hydrogens is 254 g/mol. The molecule has 0 unspecified atom stereocenters. The molecule has 1 aliphatic carbocycles. The molecule has 5 heteroatoms. The number of halogens is 1. The average Bonchev–Trinajstić information content (AvgIpc) is 2.11. The molecular formula is C13H22ClNO3. The lowest BCUT2D eigenvalue weighted by Crippen LogP contribution is -2.53. The van der Waals surface area contributed by atoms with E-state index in [0.29, 0.717) is 12.3 Å². The quantitative estimate of drug-likeness (QED) is 0.774. The third kappa shape index (κ3) is 4.16. The average molecular weight is 276 g/mol. The molecule has 2 N–H and O–H groups in total. The van der Waals surface area contributed by atoms with Gasteiger partial charge in [-0.2, -0.15) is 0 Å². The predicted molar refractivity (Wildman–Crippen MR) is 70.6 cm³/mol. The number of hydrogen-bond donors (Lipinski definition) is 2. The molecule has 0 aromatic rings. The van der Waals surface area contributed by atoms with E-state index in [4.69, 9.17) is 16.7 Å². The fourth-order valence-electron chi connectivity index (χ4n) is 3.73. The predicted octanol–water partition coefficient (Wildman–Crippen LogP) is 2.40. The van der Waals surface area contributed by atoms with Gasteiger partial charge in [0.05, 0.1) is 6.42 Å². The van der Waals surface area contributed by atoms with Gasteiger partial charge in [-0.15, -0.1) is 11.6 Å². The summed E-state index contributed by atoms with van der Waals surface area (Å²) in [6.07, 6.45) is 2.57. The van der Waals surface area contributed by atoms with Crippen LogP contribution in [0.1, 0.15) is 46.5 Å². The van der Waals surface area contributed by atoms with Crippen molar-refractivity contribution >= 4 is 23.5 Å². The van der Waals surface area contributed by atoms with Crippen molar-refractivity contribution in [2.45, 2.75) is 52.0 Å². The minimum absolute atomic E-state index is 0.0559. The van der Waals surface area contributed by atoms with E-state index in [2.05, 4.69) is 12.2 Å². The number of alkyl halides is 1.